The Morgan fingerprint density at radius 2 is 1.00 bits per heavy atom. The Hall–Kier alpha value is -0.465. The van der Waals surface area contributed by atoms with Gasteiger partial charge in [0.05, 0.1) is 0 Å². The summed E-state index contributed by atoms with van der Waals surface area (Å²) in [6.45, 7) is 7.68. The van der Waals surface area contributed by atoms with Crippen molar-refractivity contribution in [3.8, 4) is 0 Å². The molecule has 0 aromatic carbocycles. The topological polar surface area (TPSA) is 27.7 Å². The molecule has 0 aromatic rings. The SMILES string of the molecule is CCO[C+](OCC)OCC.F[B-](F)(F)F. The van der Waals surface area contributed by atoms with E-state index in [1.807, 2.05) is 20.8 Å². The van der Waals surface area contributed by atoms with Crippen LogP contribution in [-0.4, -0.2) is 27.1 Å². The maximum absolute atomic E-state index is 9.75. The van der Waals surface area contributed by atoms with Crippen molar-refractivity contribution in [3.05, 3.63) is 6.48 Å². The first-order valence-electron chi connectivity index (χ1n) is 4.47. The van der Waals surface area contributed by atoms with Gasteiger partial charge in [0.25, 0.3) is 0 Å². The third-order valence-electron chi connectivity index (χ3n) is 0.787. The molecule has 0 spiro atoms. The first kappa shape index (κ1) is 16.9. The molecule has 0 bridgehead atoms. The lowest BCUT2D eigenvalue weighted by Gasteiger charge is -1.96. The molecule has 0 fully saturated rings. The van der Waals surface area contributed by atoms with Crippen LogP contribution in [0, 0.1) is 6.48 Å². The molecule has 0 N–H and O–H groups in total. The molecule has 0 aromatic heterocycles. The van der Waals surface area contributed by atoms with Crippen LogP contribution < -0.4 is 0 Å². The zero-order valence-electron chi connectivity index (χ0n) is 8.94. The van der Waals surface area contributed by atoms with Gasteiger partial charge in [0.1, 0.15) is 19.8 Å². The van der Waals surface area contributed by atoms with E-state index in [1.165, 1.54) is 0 Å². The van der Waals surface area contributed by atoms with Crippen LogP contribution in [0.4, 0.5) is 17.3 Å². The van der Waals surface area contributed by atoms with E-state index < -0.39 is 7.25 Å². The Morgan fingerprint density at radius 3 is 1.13 bits per heavy atom. The minimum Gasteiger partial charge on any atom is -0.418 e. The van der Waals surface area contributed by atoms with Gasteiger partial charge in [-0.25, -0.2) is 0 Å². The second kappa shape index (κ2) is 10.1. The number of halogens is 4. The quantitative estimate of drug-likeness (QED) is 0.401. The fourth-order valence-electron chi connectivity index (χ4n) is 0.479. The van der Waals surface area contributed by atoms with Crippen molar-refractivity contribution in [2.75, 3.05) is 19.8 Å². The summed E-state index contributed by atoms with van der Waals surface area (Å²) < 4.78 is 54.0. The van der Waals surface area contributed by atoms with Gasteiger partial charge < -0.3 is 17.3 Å². The zero-order chi connectivity index (χ0) is 12.3. The van der Waals surface area contributed by atoms with Gasteiger partial charge >= 0.3 is 13.7 Å². The molecule has 0 heterocycles. The lowest BCUT2D eigenvalue weighted by atomic mass is 10.3. The predicted molar refractivity (Wildman–Crippen MR) is 48.3 cm³/mol. The molecule has 0 aliphatic rings. The summed E-state index contributed by atoms with van der Waals surface area (Å²) in [5.41, 5.74) is 0. The molecule has 0 unspecified atom stereocenters. The molecule has 8 heteroatoms. The highest BCUT2D eigenvalue weighted by atomic mass is 19.5. The van der Waals surface area contributed by atoms with Gasteiger partial charge in [0.2, 0.25) is 0 Å². The van der Waals surface area contributed by atoms with E-state index in [9.17, 15) is 17.3 Å². The predicted octanol–water partition coefficient (Wildman–Crippen LogP) is 2.84. The normalized spacial score (nSPS) is 10.6. The zero-order valence-corrected chi connectivity index (χ0v) is 8.94. The van der Waals surface area contributed by atoms with Gasteiger partial charge in [-0.15, -0.1) is 14.2 Å². The van der Waals surface area contributed by atoms with Crippen LogP contribution >= 0.6 is 0 Å². The van der Waals surface area contributed by atoms with Gasteiger partial charge in [0.15, 0.2) is 0 Å². The molecular weight excluding hydrogens is 219 g/mol. The van der Waals surface area contributed by atoms with Gasteiger partial charge in [-0.1, -0.05) is 0 Å². The van der Waals surface area contributed by atoms with Crippen LogP contribution in [0.2, 0.25) is 0 Å². The highest BCUT2D eigenvalue weighted by Crippen LogP contribution is 2.06. The fraction of sp³-hybridized carbons (Fsp3) is 0.857. The monoisotopic (exact) mass is 234 g/mol. The summed E-state index contributed by atoms with van der Waals surface area (Å²) in [5, 5.41) is 0. The van der Waals surface area contributed by atoms with Crippen molar-refractivity contribution < 1.29 is 31.5 Å². The van der Waals surface area contributed by atoms with E-state index in [0.29, 0.717) is 19.8 Å². The molecule has 0 radical (unpaired) electrons. The smallest absolute Gasteiger partial charge is 0.418 e. The molecule has 92 valence electrons. The van der Waals surface area contributed by atoms with E-state index in [0.717, 1.165) is 0 Å². The van der Waals surface area contributed by atoms with E-state index in [4.69, 9.17) is 14.2 Å². The second-order valence-corrected chi connectivity index (χ2v) is 2.04. The molecule has 0 aliphatic carbocycles. The molecule has 0 saturated heterocycles. The van der Waals surface area contributed by atoms with Crippen LogP contribution in [0.5, 0.6) is 0 Å². The molecule has 3 nitrogen and oxygen atoms in total. The first-order valence-corrected chi connectivity index (χ1v) is 4.47. The first-order chi connectivity index (χ1) is 6.85. The summed E-state index contributed by atoms with van der Waals surface area (Å²) in [6.07, 6.45) is 0. The van der Waals surface area contributed by atoms with E-state index in [1.54, 1.807) is 0 Å². The van der Waals surface area contributed by atoms with Crippen molar-refractivity contribution in [2.45, 2.75) is 20.8 Å². The molecule has 0 aliphatic heterocycles. The van der Waals surface area contributed by atoms with Gasteiger partial charge in [-0.3, -0.25) is 0 Å². The van der Waals surface area contributed by atoms with Crippen molar-refractivity contribution in [2.24, 2.45) is 0 Å². The molecule has 15 heavy (non-hydrogen) atoms. The van der Waals surface area contributed by atoms with Gasteiger partial charge in [-0.05, 0) is 20.8 Å². The summed E-state index contributed by atoms with van der Waals surface area (Å²) in [4.78, 5) is 0. The number of hydrogen-bond donors (Lipinski definition) is 0. The van der Waals surface area contributed by atoms with Crippen LogP contribution in [-0.2, 0) is 14.2 Å². The standard InChI is InChI=1S/C7H15O3.BF4/c1-4-8-7(9-5-2)10-6-3;2-1(3,4)5/h4-6H2,1-3H3;/q+1;-1. The number of rotatable bonds is 6. The lowest BCUT2D eigenvalue weighted by molar-refractivity contribution is -0.180. The summed E-state index contributed by atoms with van der Waals surface area (Å²) in [7, 11) is -6.00. The minimum absolute atomic E-state index is 0.285. The van der Waals surface area contributed by atoms with Gasteiger partial charge in [-0.2, -0.15) is 0 Å². The molecule has 0 atom stereocenters. The van der Waals surface area contributed by atoms with E-state index in [2.05, 4.69) is 0 Å². The molecule has 0 saturated carbocycles. The number of hydrogen-bond acceptors (Lipinski definition) is 3. The average molecular weight is 234 g/mol. The van der Waals surface area contributed by atoms with Crippen molar-refractivity contribution in [1.82, 2.24) is 0 Å². The molecule has 0 rings (SSSR count). The maximum atomic E-state index is 9.75. The van der Waals surface area contributed by atoms with Crippen LogP contribution in [0.25, 0.3) is 0 Å². The Labute approximate surface area is 86.8 Å². The third-order valence-corrected chi connectivity index (χ3v) is 0.787. The Bertz CT molecular complexity index is 114. The lowest BCUT2D eigenvalue weighted by Crippen LogP contribution is -2.11. The average Bonchev–Trinajstić information content (AvgIpc) is 2.02. The van der Waals surface area contributed by atoms with Gasteiger partial charge in [0, 0.05) is 0 Å². The Morgan fingerprint density at radius 1 is 0.800 bits per heavy atom. The van der Waals surface area contributed by atoms with E-state index in [-0.39, 0.29) is 6.48 Å². The summed E-state index contributed by atoms with van der Waals surface area (Å²) in [6, 6.07) is 0. The second-order valence-electron chi connectivity index (χ2n) is 2.04. The van der Waals surface area contributed by atoms with Crippen LogP contribution in [0.3, 0.4) is 0 Å². The van der Waals surface area contributed by atoms with Crippen molar-refractivity contribution >= 4 is 7.25 Å². The van der Waals surface area contributed by atoms with E-state index >= 15 is 0 Å². The van der Waals surface area contributed by atoms with Crippen molar-refractivity contribution in [3.63, 3.8) is 0 Å². The van der Waals surface area contributed by atoms with Crippen LogP contribution in [0.15, 0.2) is 0 Å². The van der Waals surface area contributed by atoms with Crippen LogP contribution in [0.1, 0.15) is 20.8 Å². The largest absolute Gasteiger partial charge is 0.673 e. The third kappa shape index (κ3) is 24.7. The summed E-state index contributed by atoms with van der Waals surface area (Å²) >= 11 is 0. The Balaban J connectivity index is 0. The molecule has 0 amide bonds. The van der Waals surface area contributed by atoms with Crippen molar-refractivity contribution in [1.29, 1.82) is 0 Å². The maximum Gasteiger partial charge on any atom is 0.673 e. The highest BCUT2D eigenvalue weighted by molar-refractivity contribution is 6.50. The minimum atomic E-state index is -6.00. The fourth-order valence-corrected chi connectivity index (χ4v) is 0.479. The molecular formula is C7H15BF4O3. The highest BCUT2D eigenvalue weighted by Gasteiger charge is 2.26. The number of ether oxygens (including phenoxy) is 3. The summed E-state index contributed by atoms with van der Waals surface area (Å²) in [5.74, 6) is 0. The Kier molecular flexibility index (Phi) is 11.4.